The van der Waals surface area contributed by atoms with E-state index in [2.05, 4.69) is 19.2 Å². The number of hydrogen-bond donors (Lipinski definition) is 1. The van der Waals surface area contributed by atoms with E-state index in [1.807, 2.05) is 0 Å². The highest BCUT2D eigenvalue weighted by Gasteiger charge is 2.01. The van der Waals surface area contributed by atoms with Gasteiger partial charge in [-0.05, 0) is 31.0 Å². The predicted molar refractivity (Wildman–Crippen MR) is 69.2 cm³/mol. The number of ether oxygens (including phenoxy) is 1. The third-order valence-corrected chi connectivity index (χ3v) is 2.64. The van der Waals surface area contributed by atoms with E-state index in [0.717, 1.165) is 19.5 Å². The lowest BCUT2D eigenvalue weighted by atomic mass is 10.1. The smallest absolute Gasteiger partial charge is 0.145 e. The molecule has 2 nitrogen and oxygen atoms in total. The third kappa shape index (κ3) is 5.89. The maximum Gasteiger partial charge on any atom is 0.145 e. The molecule has 4 heteroatoms. The lowest BCUT2D eigenvalue weighted by Gasteiger charge is -2.09. The van der Waals surface area contributed by atoms with E-state index >= 15 is 0 Å². The molecule has 0 unspecified atom stereocenters. The standard InChI is InChI=1S/C13H19ClFNO/c1-10(2)5-6-16-7-8-17-11-3-4-12(14)13(15)9-11/h3-4,9-10,16H,5-8H2,1-2H3. The third-order valence-electron chi connectivity index (χ3n) is 2.34. The number of benzene rings is 1. The Morgan fingerprint density at radius 2 is 2.12 bits per heavy atom. The molecular weight excluding hydrogens is 241 g/mol. The van der Waals surface area contributed by atoms with Crippen LogP contribution in [-0.2, 0) is 0 Å². The molecule has 0 radical (unpaired) electrons. The summed E-state index contributed by atoms with van der Waals surface area (Å²) in [5, 5.41) is 3.39. The predicted octanol–water partition coefficient (Wildman–Crippen LogP) is 3.49. The van der Waals surface area contributed by atoms with Crippen molar-refractivity contribution in [1.82, 2.24) is 5.32 Å². The van der Waals surface area contributed by atoms with E-state index in [1.165, 1.54) is 12.1 Å². The molecular formula is C13H19ClFNO. The summed E-state index contributed by atoms with van der Waals surface area (Å²) in [5.41, 5.74) is 0. The Morgan fingerprint density at radius 3 is 2.76 bits per heavy atom. The van der Waals surface area contributed by atoms with Crippen molar-refractivity contribution in [2.24, 2.45) is 5.92 Å². The van der Waals surface area contributed by atoms with Crippen LogP contribution in [0.3, 0.4) is 0 Å². The molecule has 1 aromatic carbocycles. The monoisotopic (exact) mass is 259 g/mol. The van der Waals surface area contributed by atoms with E-state index in [-0.39, 0.29) is 5.02 Å². The highest BCUT2D eigenvalue weighted by atomic mass is 35.5. The summed E-state index contributed by atoms with van der Waals surface area (Å²) in [5.74, 6) is 0.767. The molecule has 1 rings (SSSR count). The van der Waals surface area contributed by atoms with Gasteiger partial charge in [-0.1, -0.05) is 25.4 Å². The minimum Gasteiger partial charge on any atom is -0.492 e. The summed E-state index contributed by atoms with van der Waals surface area (Å²) in [6, 6.07) is 4.47. The zero-order valence-corrected chi connectivity index (χ0v) is 11.1. The molecule has 0 aliphatic rings. The van der Waals surface area contributed by atoms with Crippen LogP contribution >= 0.6 is 11.6 Å². The molecule has 17 heavy (non-hydrogen) atoms. The Labute approximate surface area is 107 Å². The molecule has 0 saturated heterocycles. The van der Waals surface area contributed by atoms with Crippen molar-refractivity contribution in [2.45, 2.75) is 20.3 Å². The molecule has 1 N–H and O–H groups in total. The number of halogens is 2. The molecule has 1 aromatic rings. The van der Waals surface area contributed by atoms with E-state index in [0.29, 0.717) is 18.3 Å². The van der Waals surface area contributed by atoms with E-state index in [1.54, 1.807) is 6.07 Å². The lowest BCUT2D eigenvalue weighted by Crippen LogP contribution is -2.23. The zero-order valence-electron chi connectivity index (χ0n) is 10.3. The maximum absolute atomic E-state index is 13.1. The van der Waals surface area contributed by atoms with Crippen molar-refractivity contribution < 1.29 is 9.13 Å². The van der Waals surface area contributed by atoms with E-state index in [4.69, 9.17) is 16.3 Å². The van der Waals surface area contributed by atoms with Crippen LogP contribution in [-0.4, -0.2) is 19.7 Å². The van der Waals surface area contributed by atoms with Gasteiger partial charge in [0.25, 0.3) is 0 Å². The van der Waals surface area contributed by atoms with Crippen molar-refractivity contribution in [3.63, 3.8) is 0 Å². The van der Waals surface area contributed by atoms with E-state index in [9.17, 15) is 4.39 Å². The number of rotatable bonds is 7. The van der Waals surface area contributed by atoms with Gasteiger partial charge in [-0.3, -0.25) is 0 Å². The largest absolute Gasteiger partial charge is 0.492 e. The lowest BCUT2D eigenvalue weighted by molar-refractivity contribution is 0.311. The van der Waals surface area contributed by atoms with E-state index < -0.39 is 5.82 Å². The minimum atomic E-state index is -0.447. The maximum atomic E-state index is 13.1. The highest BCUT2D eigenvalue weighted by molar-refractivity contribution is 6.30. The number of hydrogen-bond acceptors (Lipinski definition) is 2. The van der Waals surface area contributed by atoms with Gasteiger partial charge in [-0.15, -0.1) is 0 Å². The normalized spacial score (nSPS) is 10.9. The van der Waals surface area contributed by atoms with Crippen LogP contribution in [0.1, 0.15) is 20.3 Å². The second-order valence-corrected chi connectivity index (χ2v) is 4.76. The first-order chi connectivity index (χ1) is 8.09. The number of nitrogens with one attached hydrogen (secondary N) is 1. The van der Waals surface area contributed by atoms with Gasteiger partial charge in [0.05, 0.1) is 5.02 Å². The first-order valence-corrected chi connectivity index (χ1v) is 6.26. The molecule has 0 aliphatic heterocycles. The van der Waals surface area contributed by atoms with Crippen molar-refractivity contribution in [3.05, 3.63) is 29.0 Å². The molecule has 0 amide bonds. The fraction of sp³-hybridized carbons (Fsp3) is 0.538. The Balaban J connectivity index is 2.16. The van der Waals surface area contributed by atoms with Crippen molar-refractivity contribution in [1.29, 1.82) is 0 Å². The minimum absolute atomic E-state index is 0.118. The molecule has 0 aliphatic carbocycles. The molecule has 0 aromatic heterocycles. The van der Waals surface area contributed by atoms with Crippen LogP contribution in [0.15, 0.2) is 18.2 Å². The van der Waals surface area contributed by atoms with Crippen LogP contribution in [0.2, 0.25) is 5.02 Å². The Hall–Kier alpha value is -0.800. The zero-order chi connectivity index (χ0) is 12.7. The Bertz CT molecular complexity index is 344. The summed E-state index contributed by atoms with van der Waals surface area (Å²) < 4.78 is 18.5. The molecule has 0 atom stereocenters. The summed E-state index contributed by atoms with van der Waals surface area (Å²) in [6.07, 6.45) is 1.15. The molecule has 96 valence electrons. The van der Waals surface area contributed by atoms with Crippen LogP contribution in [0.4, 0.5) is 4.39 Å². The fourth-order valence-electron chi connectivity index (χ4n) is 1.32. The van der Waals surface area contributed by atoms with Crippen molar-refractivity contribution in [2.75, 3.05) is 19.7 Å². The van der Waals surface area contributed by atoms with Gasteiger partial charge < -0.3 is 10.1 Å². The highest BCUT2D eigenvalue weighted by Crippen LogP contribution is 2.20. The summed E-state index contributed by atoms with van der Waals surface area (Å²) in [7, 11) is 0. The average Bonchev–Trinajstić information content (AvgIpc) is 2.27. The SMILES string of the molecule is CC(C)CCNCCOc1ccc(Cl)c(F)c1. The molecule has 0 fully saturated rings. The van der Waals surface area contributed by atoms with Crippen molar-refractivity contribution in [3.8, 4) is 5.75 Å². The second-order valence-electron chi connectivity index (χ2n) is 4.36. The molecule has 0 saturated carbocycles. The first kappa shape index (κ1) is 14.3. The Morgan fingerprint density at radius 1 is 1.35 bits per heavy atom. The van der Waals surface area contributed by atoms with Crippen LogP contribution in [0.25, 0.3) is 0 Å². The molecule has 0 bridgehead atoms. The topological polar surface area (TPSA) is 21.3 Å². The van der Waals surface area contributed by atoms with Crippen LogP contribution < -0.4 is 10.1 Å². The molecule has 0 heterocycles. The fourth-order valence-corrected chi connectivity index (χ4v) is 1.44. The van der Waals surface area contributed by atoms with Gasteiger partial charge in [0.1, 0.15) is 18.2 Å². The van der Waals surface area contributed by atoms with Crippen molar-refractivity contribution >= 4 is 11.6 Å². The summed E-state index contributed by atoms with van der Waals surface area (Å²) >= 11 is 5.57. The van der Waals surface area contributed by atoms with Gasteiger partial charge in [0.2, 0.25) is 0 Å². The quantitative estimate of drug-likeness (QED) is 0.757. The van der Waals surface area contributed by atoms with Gasteiger partial charge in [0, 0.05) is 12.6 Å². The summed E-state index contributed by atoms with van der Waals surface area (Å²) in [4.78, 5) is 0. The Kier molecular flexibility index (Phi) is 6.30. The van der Waals surface area contributed by atoms with Gasteiger partial charge >= 0.3 is 0 Å². The van der Waals surface area contributed by atoms with Crippen LogP contribution in [0, 0.1) is 11.7 Å². The summed E-state index contributed by atoms with van der Waals surface area (Å²) in [6.45, 7) is 6.65. The van der Waals surface area contributed by atoms with Gasteiger partial charge in [0.15, 0.2) is 0 Å². The van der Waals surface area contributed by atoms with Crippen LogP contribution in [0.5, 0.6) is 5.75 Å². The second kappa shape index (κ2) is 7.51. The average molecular weight is 260 g/mol. The van der Waals surface area contributed by atoms with Gasteiger partial charge in [-0.2, -0.15) is 0 Å². The van der Waals surface area contributed by atoms with Gasteiger partial charge in [-0.25, -0.2) is 4.39 Å². The molecule has 0 spiro atoms. The first-order valence-electron chi connectivity index (χ1n) is 5.88.